The fraction of sp³-hybridized carbons (Fsp3) is 0.714. The smallest absolute Gasteiger partial charge is 0.222 e. The van der Waals surface area contributed by atoms with Crippen LogP contribution in [0.1, 0.15) is 36.8 Å². The number of hydrogen-bond acceptors (Lipinski definition) is 7. The highest BCUT2D eigenvalue weighted by Gasteiger charge is 2.53. The highest BCUT2D eigenvalue weighted by molar-refractivity contribution is 6.31. The molecule has 4 N–H and O–H groups in total. The first kappa shape index (κ1) is 22.9. The maximum Gasteiger partial charge on any atom is 0.222 e. The van der Waals surface area contributed by atoms with Crippen LogP contribution in [0.5, 0.6) is 0 Å². The molecule has 1 aromatic rings. The second-order valence-corrected chi connectivity index (χ2v) is 8.53. The van der Waals surface area contributed by atoms with Crippen LogP contribution in [0.2, 0.25) is 5.02 Å². The average Bonchev–Trinajstić information content (AvgIpc) is 2.72. The summed E-state index contributed by atoms with van der Waals surface area (Å²) in [4.78, 5) is 0. The molecule has 164 valence electrons. The van der Waals surface area contributed by atoms with Gasteiger partial charge in [0.25, 0.3) is 0 Å². The molecular weight excluding hydrogens is 400 g/mol. The third-order valence-electron chi connectivity index (χ3n) is 6.21. The number of hydrogen-bond donors (Lipinski definition) is 4. The molecule has 3 rings (SSSR count). The van der Waals surface area contributed by atoms with Crippen molar-refractivity contribution < 1.29 is 34.6 Å². The molecule has 0 bridgehead atoms. The molecule has 1 aliphatic carbocycles. The van der Waals surface area contributed by atoms with Crippen LogP contribution < -0.4 is 0 Å². The third-order valence-corrected chi connectivity index (χ3v) is 6.58. The molecule has 2 aliphatic rings. The van der Waals surface area contributed by atoms with Crippen molar-refractivity contribution in [2.24, 2.45) is 5.92 Å². The molecule has 1 aromatic carbocycles. The Bertz CT molecular complexity index is 679. The van der Waals surface area contributed by atoms with Crippen molar-refractivity contribution in [3.8, 4) is 0 Å². The van der Waals surface area contributed by atoms with E-state index in [0.29, 0.717) is 17.0 Å². The topological polar surface area (TPSA) is 109 Å². The van der Waals surface area contributed by atoms with Crippen molar-refractivity contribution in [3.05, 3.63) is 34.3 Å². The summed E-state index contributed by atoms with van der Waals surface area (Å²) in [7, 11) is 3.16. The maximum absolute atomic E-state index is 11.1. The summed E-state index contributed by atoms with van der Waals surface area (Å²) >= 11 is 6.40. The molecule has 0 unspecified atom stereocenters. The van der Waals surface area contributed by atoms with Gasteiger partial charge in [-0.3, -0.25) is 0 Å². The van der Waals surface area contributed by atoms with Gasteiger partial charge in [-0.25, -0.2) is 0 Å². The molecule has 8 heteroatoms. The van der Waals surface area contributed by atoms with E-state index in [2.05, 4.69) is 0 Å². The lowest BCUT2D eigenvalue weighted by molar-refractivity contribution is -0.358. The van der Waals surface area contributed by atoms with Gasteiger partial charge in [0, 0.05) is 24.8 Å². The van der Waals surface area contributed by atoms with Crippen molar-refractivity contribution in [1.29, 1.82) is 0 Å². The van der Waals surface area contributed by atoms with Gasteiger partial charge in [-0.2, -0.15) is 0 Å². The average molecular weight is 431 g/mol. The summed E-state index contributed by atoms with van der Waals surface area (Å²) in [6.45, 7) is -0.0452. The van der Waals surface area contributed by atoms with Crippen molar-refractivity contribution in [2.75, 3.05) is 20.8 Å². The molecule has 1 saturated heterocycles. The molecule has 0 aromatic heterocycles. The molecular formula is C21H31ClO7. The molecule has 1 saturated carbocycles. The van der Waals surface area contributed by atoms with Crippen LogP contribution in [0.25, 0.3) is 0 Å². The van der Waals surface area contributed by atoms with E-state index in [9.17, 15) is 20.4 Å². The number of aliphatic hydroxyl groups is 4. The van der Waals surface area contributed by atoms with Crippen molar-refractivity contribution in [3.63, 3.8) is 0 Å². The summed E-state index contributed by atoms with van der Waals surface area (Å²) in [5, 5.41) is 42.5. The van der Waals surface area contributed by atoms with Crippen LogP contribution in [0, 0.1) is 5.92 Å². The molecule has 0 amide bonds. The quantitative estimate of drug-likeness (QED) is 0.539. The van der Waals surface area contributed by atoms with E-state index in [1.54, 1.807) is 25.3 Å². The van der Waals surface area contributed by atoms with Crippen LogP contribution in [-0.2, 0) is 26.4 Å². The van der Waals surface area contributed by atoms with E-state index in [-0.39, 0.29) is 12.2 Å². The number of ether oxygens (including phenoxy) is 3. The summed E-state index contributed by atoms with van der Waals surface area (Å²) < 4.78 is 16.1. The number of benzene rings is 1. The van der Waals surface area contributed by atoms with Gasteiger partial charge >= 0.3 is 0 Å². The molecule has 5 atom stereocenters. The lowest BCUT2D eigenvalue weighted by Crippen LogP contribution is -2.63. The monoisotopic (exact) mass is 430 g/mol. The lowest BCUT2D eigenvalue weighted by Gasteiger charge is -2.46. The molecule has 0 radical (unpaired) electrons. The molecule has 0 spiro atoms. The van der Waals surface area contributed by atoms with Gasteiger partial charge in [-0.1, -0.05) is 17.7 Å². The predicted molar refractivity (Wildman–Crippen MR) is 107 cm³/mol. The Balaban J connectivity index is 1.82. The first-order valence-corrected chi connectivity index (χ1v) is 10.4. The van der Waals surface area contributed by atoms with Gasteiger partial charge in [0.1, 0.15) is 24.4 Å². The van der Waals surface area contributed by atoms with Crippen LogP contribution in [0.3, 0.4) is 0 Å². The standard InChI is InChI=1S/C21H31ClO7/c1-27-11-17-18(23)19(24)20(25)21(26,29-17)14-5-8-16(22)13(10-14)9-12-3-6-15(28-2)7-4-12/h5,8,10,12,15,17-20,23-26H,3-4,6-7,9,11H2,1-2H3/t12?,15?,17-,18-,19+,20-,21-/m1/s1. The molecule has 7 nitrogen and oxygen atoms in total. The number of methoxy groups -OCH3 is 2. The van der Waals surface area contributed by atoms with Gasteiger partial charge in [0.2, 0.25) is 5.79 Å². The number of halogens is 1. The Hall–Kier alpha value is -0.770. The predicted octanol–water partition coefficient (Wildman–Crippen LogP) is 1.36. The second kappa shape index (κ2) is 9.58. The lowest BCUT2D eigenvalue weighted by atomic mass is 9.82. The minimum absolute atomic E-state index is 0.0452. The Labute approximate surface area is 176 Å². The fourth-order valence-electron chi connectivity index (χ4n) is 4.38. The maximum atomic E-state index is 11.1. The van der Waals surface area contributed by atoms with E-state index in [4.69, 9.17) is 25.8 Å². The third kappa shape index (κ3) is 4.78. The Kier molecular flexibility index (Phi) is 7.56. The van der Waals surface area contributed by atoms with Gasteiger partial charge in [-0.15, -0.1) is 0 Å². The summed E-state index contributed by atoms with van der Waals surface area (Å²) in [5.74, 6) is -1.73. The van der Waals surface area contributed by atoms with E-state index in [1.807, 2.05) is 0 Å². The SMILES string of the molecule is COC[C@H]1O[C@](O)(c2ccc(Cl)c(CC3CCC(OC)CC3)c2)[C@H](O)[C@@H](O)[C@@H]1O. The Morgan fingerprint density at radius 3 is 2.41 bits per heavy atom. The van der Waals surface area contributed by atoms with Crippen LogP contribution in [0.4, 0.5) is 0 Å². The van der Waals surface area contributed by atoms with E-state index >= 15 is 0 Å². The van der Waals surface area contributed by atoms with Crippen LogP contribution >= 0.6 is 11.6 Å². The highest BCUT2D eigenvalue weighted by atomic mass is 35.5. The minimum Gasteiger partial charge on any atom is -0.387 e. The van der Waals surface area contributed by atoms with Gasteiger partial charge in [0.05, 0.1) is 12.7 Å². The summed E-state index contributed by atoms with van der Waals surface area (Å²) in [5.41, 5.74) is 1.13. The van der Waals surface area contributed by atoms with E-state index in [0.717, 1.165) is 37.7 Å². The molecule has 1 aliphatic heterocycles. The normalized spacial score (nSPS) is 38.2. The molecule has 2 fully saturated rings. The molecule has 1 heterocycles. The molecule has 29 heavy (non-hydrogen) atoms. The number of rotatable bonds is 6. The summed E-state index contributed by atoms with van der Waals surface area (Å²) in [6.07, 6.45) is -0.562. The second-order valence-electron chi connectivity index (χ2n) is 8.12. The van der Waals surface area contributed by atoms with Gasteiger partial charge in [-0.05, 0) is 55.7 Å². The van der Waals surface area contributed by atoms with Crippen molar-refractivity contribution >= 4 is 11.6 Å². The minimum atomic E-state index is -2.19. The Morgan fingerprint density at radius 1 is 1.10 bits per heavy atom. The Morgan fingerprint density at radius 2 is 1.79 bits per heavy atom. The van der Waals surface area contributed by atoms with Crippen molar-refractivity contribution in [2.45, 2.75) is 68.4 Å². The zero-order chi connectivity index (χ0) is 21.2. The highest BCUT2D eigenvalue weighted by Crippen LogP contribution is 2.39. The van der Waals surface area contributed by atoms with Crippen LogP contribution in [-0.4, -0.2) is 71.8 Å². The zero-order valence-corrected chi connectivity index (χ0v) is 17.6. The van der Waals surface area contributed by atoms with Gasteiger partial charge in [0.15, 0.2) is 0 Å². The largest absolute Gasteiger partial charge is 0.387 e. The summed E-state index contributed by atoms with van der Waals surface area (Å²) in [6, 6.07) is 4.93. The van der Waals surface area contributed by atoms with Crippen LogP contribution in [0.15, 0.2) is 18.2 Å². The van der Waals surface area contributed by atoms with E-state index < -0.39 is 30.2 Å². The van der Waals surface area contributed by atoms with Crippen molar-refractivity contribution in [1.82, 2.24) is 0 Å². The first-order chi connectivity index (χ1) is 13.8. The van der Waals surface area contributed by atoms with Gasteiger partial charge < -0.3 is 34.6 Å². The zero-order valence-electron chi connectivity index (χ0n) is 16.8. The number of aliphatic hydroxyl groups excluding tert-OH is 3. The fourth-order valence-corrected chi connectivity index (χ4v) is 4.58. The first-order valence-electron chi connectivity index (χ1n) is 10.0. The van der Waals surface area contributed by atoms with E-state index in [1.165, 1.54) is 7.11 Å².